The first kappa shape index (κ1) is 16.2. The van der Waals surface area contributed by atoms with Crippen LogP contribution in [0, 0.1) is 0 Å². The van der Waals surface area contributed by atoms with E-state index >= 15 is 0 Å². The molecule has 0 N–H and O–H groups in total. The molecule has 1 aliphatic rings. The summed E-state index contributed by atoms with van der Waals surface area (Å²) >= 11 is 7.77. The Morgan fingerprint density at radius 1 is 1.36 bits per heavy atom. The molecule has 1 aliphatic heterocycles. The van der Waals surface area contributed by atoms with Crippen molar-refractivity contribution in [3.63, 3.8) is 0 Å². The zero-order valence-corrected chi connectivity index (χ0v) is 15.0. The van der Waals surface area contributed by atoms with E-state index in [0.29, 0.717) is 17.3 Å². The second-order valence-corrected chi connectivity index (χ2v) is 7.25. The summed E-state index contributed by atoms with van der Waals surface area (Å²) in [4.78, 5) is 19.1. The fraction of sp³-hybridized carbons (Fsp3) is 0.294. The van der Waals surface area contributed by atoms with Crippen molar-refractivity contribution in [1.29, 1.82) is 0 Å². The van der Waals surface area contributed by atoms with Gasteiger partial charge in [0.15, 0.2) is 5.69 Å². The predicted octanol–water partition coefficient (Wildman–Crippen LogP) is 3.41. The number of carbonyl (C=O) groups is 1. The fourth-order valence-corrected chi connectivity index (χ4v) is 4.07. The maximum absolute atomic E-state index is 12.8. The van der Waals surface area contributed by atoms with Crippen LogP contribution in [0.5, 0.6) is 0 Å². The maximum atomic E-state index is 12.8. The molecule has 0 bridgehead atoms. The molecule has 0 unspecified atom stereocenters. The van der Waals surface area contributed by atoms with Crippen LogP contribution in [0.3, 0.4) is 0 Å². The molecule has 0 aliphatic carbocycles. The number of hydrogen-bond acceptors (Lipinski definition) is 5. The number of hydrogen-bond donors (Lipinski definition) is 0. The van der Waals surface area contributed by atoms with E-state index in [1.807, 2.05) is 34.5 Å². The van der Waals surface area contributed by atoms with Crippen LogP contribution in [0.4, 0.5) is 0 Å². The molecule has 3 aromatic rings. The summed E-state index contributed by atoms with van der Waals surface area (Å²) in [7, 11) is 0. The molecular formula is C17H16ClN5OS. The van der Waals surface area contributed by atoms with Gasteiger partial charge in [-0.05, 0) is 24.5 Å². The molecule has 25 heavy (non-hydrogen) atoms. The third kappa shape index (κ3) is 3.29. The second-order valence-electron chi connectivity index (χ2n) is 5.92. The van der Waals surface area contributed by atoms with Crippen molar-refractivity contribution in [2.45, 2.75) is 25.4 Å². The van der Waals surface area contributed by atoms with Crippen LogP contribution in [-0.4, -0.2) is 37.3 Å². The second kappa shape index (κ2) is 6.93. The zero-order chi connectivity index (χ0) is 17.2. The molecule has 8 heteroatoms. The van der Waals surface area contributed by atoms with Gasteiger partial charge in [0.25, 0.3) is 5.91 Å². The number of thiazole rings is 1. The Labute approximate surface area is 154 Å². The highest BCUT2D eigenvalue weighted by atomic mass is 35.5. The number of amides is 1. The first-order chi connectivity index (χ1) is 12.2. The van der Waals surface area contributed by atoms with E-state index in [-0.39, 0.29) is 11.9 Å². The average Bonchev–Trinajstić information content (AvgIpc) is 3.37. The zero-order valence-electron chi connectivity index (χ0n) is 13.4. The largest absolute Gasteiger partial charge is 0.328 e. The minimum absolute atomic E-state index is 0.0428. The van der Waals surface area contributed by atoms with Crippen molar-refractivity contribution in [3.8, 4) is 0 Å². The molecule has 1 aromatic carbocycles. The Kier molecular flexibility index (Phi) is 4.50. The predicted molar refractivity (Wildman–Crippen MR) is 95.7 cm³/mol. The Hall–Kier alpha value is -2.25. The van der Waals surface area contributed by atoms with Gasteiger partial charge >= 0.3 is 0 Å². The number of likely N-dealkylation sites (tertiary alicyclic amines) is 1. The minimum Gasteiger partial charge on any atom is -0.328 e. The van der Waals surface area contributed by atoms with Crippen molar-refractivity contribution >= 4 is 28.8 Å². The van der Waals surface area contributed by atoms with Crippen LogP contribution >= 0.6 is 22.9 Å². The molecule has 0 saturated carbocycles. The summed E-state index contributed by atoms with van der Waals surface area (Å²) in [6, 6.07) is 7.62. The van der Waals surface area contributed by atoms with Gasteiger partial charge in [-0.2, -0.15) is 0 Å². The van der Waals surface area contributed by atoms with Gasteiger partial charge in [0.05, 0.1) is 18.8 Å². The third-order valence-corrected chi connectivity index (χ3v) is 5.54. The normalized spacial score (nSPS) is 17.2. The van der Waals surface area contributed by atoms with Crippen LogP contribution in [0.25, 0.3) is 0 Å². The SMILES string of the molecule is O=C(c1cn(Cc2ccccc2Cl)nn1)N1CCC[C@@H]1c1nccs1. The number of carbonyl (C=O) groups excluding carboxylic acids is 1. The van der Waals surface area contributed by atoms with E-state index in [2.05, 4.69) is 15.3 Å². The van der Waals surface area contributed by atoms with Gasteiger partial charge in [-0.25, -0.2) is 9.67 Å². The van der Waals surface area contributed by atoms with Gasteiger partial charge < -0.3 is 4.90 Å². The molecule has 3 heterocycles. The standard InChI is InChI=1S/C17H16ClN5OS/c18-13-5-2-1-4-12(13)10-22-11-14(20-21-22)17(24)23-8-3-6-15(23)16-19-7-9-25-16/h1-2,4-5,7,9,11,15H,3,6,8,10H2/t15-/m1/s1. The molecule has 128 valence electrons. The Morgan fingerprint density at radius 3 is 3.04 bits per heavy atom. The van der Waals surface area contributed by atoms with Crippen LogP contribution in [0.1, 0.15) is 39.9 Å². The van der Waals surface area contributed by atoms with E-state index < -0.39 is 0 Å². The van der Waals surface area contributed by atoms with Crippen molar-refractivity contribution in [3.05, 3.63) is 63.3 Å². The summed E-state index contributed by atoms with van der Waals surface area (Å²) in [6.07, 6.45) is 5.38. The van der Waals surface area contributed by atoms with E-state index in [9.17, 15) is 4.79 Å². The lowest BCUT2D eigenvalue weighted by Gasteiger charge is -2.21. The Morgan fingerprint density at radius 2 is 2.24 bits per heavy atom. The lowest BCUT2D eigenvalue weighted by atomic mass is 10.2. The van der Waals surface area contributed by atoms with E-state index in [1.54, 1.807) is 28.4 Å². The molecule has 0 radical (unpaired) electrons. The molecule has 2 aromatic heterocycles. The highest BCUT2D eigenvalue weighted by Crippen LogP contribution is 2.33. The summed E-state index contributed by atoms with van der Waals surface area (Å²) < 4.78 is 1.64. The molecule has 1 saturated heterocycles. The summed E-state index contributed by atoms with van der Waals surface area (Å²) in [5.41, 5.74) is 1.30. The summed E-state index contributed by atoms with van der Waals surface area (Å²) in [5, 5.41) is 11.7. The lowest BCUT2D eigenvalue weighted by molar-refractivity contribution is 0.0729. The lowest BCUT2D eigenvalue weighted by Crippen LogP contribution is -2.30. The number of rotatable bonds is 4. The van der Waals surface area contributed by atoms with Crippen LogP contribution < -0.4 is 0 Å². The first-order valence-corrected chi connectivity index (χ1v) is 9.32. The number of benzene rings is 1. The van der Waals surface area contributed by atoms with E-state index in [1.165, 1.54) is 0 Å². The topological polar surface area (TPSA) is 63.9 Å². The number of halogens is 1. The molecule has 1 atom stereocenters. The van der Waals surface area contributed by atoms with Gasteiger partial charge in [0, 0.05) is 23.1 Å². The van der Waals surface area contributed by atoms with Crippen LogP contribution in [0.2, 0.25) is 5.02 Å². The molecule has 6 nitrogen and oxygen atoms in total. The Balaban J connectivity index is 1.51. The smallest absolute Gasteiger partial charge is 0.276 e. The van der Waals surface area contributed by atoms with Crippen LogP contribution in [-0.2, 0) is 6.54 Å². The quantitative estimate of drug-likeness (QED) is 0.703. The van der Waals surface area contributed by atoms with E-state index in [4.69, 9.17) is 11.6 Å². The summed E-state index contributed by atoms with van der Waals surface area (Å²) in [6.45, 7) is 1.20. The number of nitrogens with zero attached hydrogens (tertiary/aromatic N) is 5. The summed E-state index contributed by atoms with van der Waals surface area (Å²) in [5.74, 6) is -0.0943. The fourth-order valence-electron chi connectivity index (χ4n) is 3.09. The average molecular weight is 374 g/mol. The maximum Gasteiger partial charge on any atom is 0.276 e. The van der Waals surface area contributed by atoms with Gasteiger partial charge in [-0.3, -0.25) is 4.79 Å². The van der Waals surface area contributed by atoms with Crippen molar-refractivity contribution < 1.29 is 4.79 Å². The van der Waals surface area contributed by atoms with Crippen molar-refractivity contribution in [2.75, 3.05) is 6.54 Å². The van der Waals surface area contributed by atoms with Crippen molar-refractivity contribution in [1.82, 2.24) is 24.9 Å². The molecular weight excluding hydrogens is 358 g/mol. The van der Waals surface area contributed by atoms with Crippen molar-refractivity contribution in [2.24, 2.45) is 0 Å². The monoisotopic (exact) mass is 373 g/mol. The van der Waals surface area contributed by atoms with Gasteiger partial charge in [0.2, 0.25) is 0 Å². The van der Waals surface area contributed by atoms with Gasteiger partial charge in [-0.15, -0.1) is 16.4 Å². The van der Waals surface area contributed by atoms with Gasteiger partial charge in [-0.1, -0.05) is 35.0 Å². The first-order valence-electron chi connectivity index (χ1n) is 8.06. The Bertz CT molecular complexity index is 879. The van der Waals surface area contributed by atoms with Gasteiger partial charge in [0.1, 0.15) is 5.01 Å². The van der Waals surface area contributed by atoms with Crippen LogP contribution in [0.15, 0.2) is 42.0 Å². The minimum atomic E-state index is -0.0943. The molecule has 0 spiro atoms. The molecule has 4 rings (SSSR count). The number of aromatic nitrogens is 4. The van der Waals surface area contributed by atoms with E-state index in [0.717, 1.165) is 30.0 Å². The highest BCUT2D eigenvalue weighted by molar-refractivity contribution is 7.09. The highest BCUT2D eigenvalue weighted by Gasteiger charge is 2.33. The molecule has 1 fully saturated rings. The third-order valence-electron chi connectivity index (χ3n) is 4.30. The molecule has 1 amide bonds.